The second-order valence-corrected chi connectivity index (χ2v) is 3.58. The average Bonchev–Trinajstić information content (AvgIpc) is 2.33. The van der Waals surface area contributed by atoms with E-state index in [4.69, 9.17) is 5.73 Å². The Balaban J connectivity index is 2.46. The zero-order valence-electron chi connectivity index (χ0n) is 9.51. The second-order valence-electron chi connectivity index (χ2n) is 3.58. The lowest BCUT2D eigenvalue weighted by Gasteiger charge is -2.08. The van der Waals surface area contributed by atoms with Gasteiger partial charge in [0.15, 0.2) is 5.82 Å². The molecular formula is C12H14N4O. The summed E-state index contributed by atoms with van der Waals surface area (Å²) in [5.41, 5.74) is 7.65. The summed E-state index contributed by atoms with van der Waals surface area (Å²) < 4.78 is 0. The third-order valence-electron chi connectivity index (χ3n) is 2.37. The van der Waals surface area contributed by atoms with Gasteiger partial charge in [-0.05, 0) is 25.1 Å². The van der Waals surface area contributed by atoms with Crippen LogP contribution in [0.5, 0.6) is 5.75 Å². The molecule has 1 aromatic heterocycles. The third-order valence-corrected chi connectivity index (χ3v) is 2.37. The van der Waals surface area contributed by atoms with Crippen molar-refractivity contribution in [2.45, 2.75) is 6.92 Å². The molecule has 0 bridgehead atoms. The molecule has 2 aromatic rings. The first-order valence-electron chi connectivity index (χ1n) is 5.37. The number of rotatable bonds is 3. The topological polar surface area (TPSA) is 84.1 Å². The molecule has 0 spiro atoms. The van der Waals surface area contributed by atoms with Crippen molar-refractivity contribution in [1.82, 2.24) is 10.2 Å². The predicted molar refractivity (Wildman–Crippen MR) is 67.7 cm³/mol. The normalized spacial score (nSPS) is 10.2. The Hall–Kier alpha value is -2.30. The first kappa shape index (κ1) is 11.2. The Morgan fingerprint density at radius 2 is 2.06 bits per heavy atom. The van der Waals surface area contributed by atoms with Gasteiger partial charge in [-0.3, -0.25) is 0 Å². The van der Waals surface area contributed by atoms with Crippen LogP contribution in [0, 0.1) is 0 Å². The third kappa shape index (κ3) is 2.28. The van der Waals surface area contributed by atoms with Crippen LogP contribution in [0.15, 0.2) is 30.3 Å². The van der Waals surface area contributed by atoms with E-state index < -0.39 is 0 Å². The molecule has 0 fully saturated rings. The van der Waals surface area contributed by atoms with E-state index in [-0.39, 0.29) is 5.75 Å². The number of hydrogen-bond donors (Lipinski definition) is 3. The van der Waals surface area contributed by atoms with Crippen molar-refractivity contribution in [3.8, 4) is 17.0 Å². The van der Waals surface area contributed by atoms with Gasteiger partial charge in [0.1, 0.15) is 5.75 Å². The molecule has 0 radical (unpaired) electrons. The molecule has 5 heteroatoms. The fourth-order valence-electron chi connectivity index (χ4n) is 1.56. The van der Waals surface area contributed by atoms with Gasteiger partial charge in [0.25, 0.3) is 0 Å². The Morgan fingerprint density at radius 1 is 1.29 bits per heavy atom. The molecule has 0 aliphatic carbocycles. The highest BCUT2D eigenvalue weighted by molar-refractivity contribution is 5.73. The van der Waals surface area contributed by atoms with Crippen LogP contribution in [0.3, 0.4) is 0 Å². The molecule has 0 unspecified atom stereocenters. The standard InChI is InChI=1S/C12H14N4O/c1-2-14-10-7-9(15-16-12(10)13)8-5-3-4-6-11(8)17/h3-7,17H,2H2,1H3,(H2,13,16)(H,14,15). The smallest absolute Gasteiger partial charge is 0.169 e. The number of para-hydroxylation sites is 1. The monoisotopic (exact) mass is 230 g/mol. The van der Waals surface area contributed by atoms with E-state index in [1.165, 1.54) is 0 Å². The molecule has 0 amide bonds. The van der Waals surface area contributed by atoms with Crippen molar-refractivity contribution in [1.29, 1.82) is 0 Å². The summed E-state index contributed by atoms with van der Waals surface area (Å²) >= 11 is 0. The quantitative estimate of drug-likeness (QED) is 0.749. The SMILES string of the molecule is CCNc1cc(-c2ccccc2O)nnc1N. The van der Waals surface area contributed by atoms with Gasteiger partial charge >= 0.3 is 0 Å². The first-order chi connectivity index (χ1) is 8.22. The number of aromatic hydroxyl groups is 1. The molecule has 0 atom stereocenters. The number of anilines is 2. The molecular weight excluding hydrogens is 216 g/mol. The van der Waals surface area contributed by atoms with Crippen molar-refractivity contribution in [2.75, 3.05) is 17.6 Å². The average molecular weight is 230 g/mol. The summed E-state index contributed by atoms with van der Waals surface area (Å²) in [6.07, 6.45) is 0. The van der Waals surface area contributed by atoms with E-state index >= 15 is 0 Å². The highest BCUT2D eigenvalue weighted by Crippen LogP contribution is 2.29. The van der Waals surface area contributed by atoms with E-state index in [9.17, 15) is 5.11 Å². The molecule has 2 rings (SSSR count). The van der Waals surface area contributed by atoms with Crippen LogP contribution >= 0.6 is 0 Å². The lowest BCUT2D eigenvalue weighted by molar-refractivity contribution is 0.477. The van der Waals surface area contributed by atoms with Crippen LogP contribution in [0.1, 0.15) is 6.92 Å². The van der Waals surface area contributed by atoms with Gasteiger partial charge < -0.3 is 16.2 Å². The second kappa shape index (κ2) is 4.69. The lowest BCUT2D eigenvalue weighted by atomic mass is 10.1. The molecule has 0 saturated carbocycles. The van der Waals surface area contributed by atoms with E-state index in [1.54, 1.807) is 24.3 Å². The number of nitrogens with one attached hydrogen (secondary N) is 1. The van der Waals surface area contributed by atoms with Crippen LogP contribution in [0.2, 0.25) is 0 Å². The minimum atomic E-state index is 0.175. The molecule has 0 aliphatic rings. The molecule has 1 heterocycles. The Kier molecular flexibility index (Phi) is 3.09. The Morgan fingerprint density at radius 3 is 2.76 bits per heavy atom. The van der Waals surface area contributed by atoms with Crippen LogP contribution < -0.4 is 11.1 Å². The van der Waals surface area contributed by atoms with Crippen molar-refractivity contribution in [3.63, 3.8) is 0 Å². The maximum absolute atomic E-state index is 9.73. The van der Waals surface area contributed by atoms with Gasteiger partial charge in [-0.25, -0.2) is 0 Å². The van der Waals surface area contributed by atoms with E-state index in [0.717, 1.165) is 12.2 Å². The predicted octanol–water partition coefficient (Wildman–Crippen LogP) is 1.86. The molecule has 0 saturated heterocycles. The summed E-state index contributed by atoms with van der Waals surface area (Å²) in [6.45, 7) is 2.72. The van der Waals surface area contributed by atoms with Crippen LogP contribution in [-0.4, -0.2) is 21.8 Å². The van der Waals surface area contributed by atoms with Gasteiger partial charge in [-0.2, -0.15) is 0 Å². The van der Waals surface area contributed by atoms with E-state index in [2.05, 4.69) is 15.5 Å². The van der Waals surface area contributed by atoms with Crippen molar-refractivity contribution < 1.29 is 5.11 Å². The summed E-state index contributed by atoms with van der Waals surface area (Å²) in [5.74, 6) is 0.528. The molecule has 5 nitrogen and oxygen atoms in total. The van der Waals surface area contributed by atoms with E-state index in [0.29, 0.717) is 17.1 Å². The molecule has 88 valence electrons. The van der Waals surface area contributed by atoms with Gasteiger partial charge in [0, 0.05) is 12.1 Å². The number of hydrogen-bond acceptors (Lipinski definition) is 5. The number of benzene rings is 1. The number of phenolic OH excluding ortho intramolecular Hbond substituents is 1. The van der Waals surface area contributed by atoms with Gasteiger partial charge in [0.2, 0.25) is 0 Å². The molecule has 0 aliphatic heterocycles. The summed E-state index contributed by atoms with van der Waals surface area (Å²) in [5, 5.41) is 20.7. The highest BCUT2D eigenvalue weighted by Gasteiger charge is 2.08. The highest BCUT2D eigenvalue weighted by atomic mass is 16.3. The van der Waals surface area contributed by atoms with E-state index in [1.807, 2.05) is 13.0 Å². The fraction of sp³-hybridized carbons (Fsp3) is 0.167. The summed E-state index contributed by atoms with van der Waals surface area (Å²) in [7, 11) is 0. The Bertz CT molecular complexity index is 528. The number of nitrogens with two attached hydrogens (primary N) is 1. The van der Waals surface area contributed by atoms with Crippen molar-refractivity contribution in [2.24, 2.45) is 0 Å². The maximum atomic E-state index is 9.73. The summed E-state index contributed by atoms with van der Waals surface area (Å²) in [4.78, 5) is 0. The zero-order valence-corrected chi connectivity index (χ0v) is 9.51. The van der Waals surface area contributed by atoms with Gasteiger partial charge in [-0.1, -0.05) is 12.1 Å². The van der Waals surface area contributed by atoms with Crippen molar-refractivity contribution >= 4 is 11.5 Å². The van der Waals surface area contributed by atoms with Gasteiger partial charge in [0.05, 0.1) is 11.4 Å². The molecule has 1 aromatic carbocycles. The number of nitrogen functional groups attached to an aromatic ring is 1. The minimum absolute atomic E-state index is 0.175. The fourth-order valence-corrected chi connectivity index (χ4v) is 1.56. The largest absolute Gasteiger partial charge is 0.507 e. The van der Waals surface area contributed by atoms with Crippen LogP contribution in [0.4, 0.5) is 11.5 Å². The lowest BCUT2D eigenvalue weighted by Crippen LogP contribution is -2.04. The number of aromatic nitrogens is 2. The maximum Gasteiger partial charge on any atom is 0.169 e. The minimum Gasteiger partial charge on any atom is -0.507 e. The summed E-state index contributed by atoms with van der Waals surface area (Å²) in [6, 6.07) is 8.77. The Labute approximate surface area is 99.3 Å². The molecule has 4 N–H and O–H groups in total. The van der Waals surface area contributed by atoms with Crippen LogP contribution in [-0.2, 0) is 0 Å². The van der Waals surface area contributed by atoms with Gasteiger partial charge in [-0.15, -0.1) is 10.2 Å². The number of phenols is 1. The first-order valence-corrected chi connectivity index (χ1v) is 5.37. The van der Waals surface area contributed by atoms with Crippen molar-refractivity contribution in [3.05, 3.63) is 30.3 Å². The molecule has 17 heavy (non-hydrogen) atoms. The number of nitrogens with zero attached hydrogens (tertiary/aromatic N) is 2. The zero-order chi connectivity index (χ0) is 12.3. The van der Waals surface area contributed by atoms with Crippen LogP contribution in [0.25, 0.3) is 11.3 Å².